The molecule has 1 heterocycles. The number of hydrogen-bond acceptors (Lipinski definition) is 4. The molecule has 0 atom stereocenters. The van der Waals surface area contributed by atoms with Crippen LogP contribution in [-0.4, -0.2) is 16.0 Å². The fourth-order valence-corrected chi connectivity index (χ4v) is 2.36. The van der Waals surface area contributed by atoms with Crippen LogP contribution < -0.4 is 11.1 Å². The van der Waals surface area contributed by atoms with Crippen molar-refractivity contribution in [2.24, 2.45) is 5.41 Å². The lowest BCUT2D eigenvalue weighted by molar-refractivity contribution is 0.232. The van der Waals surface area contributed by atoms with E-state index in [-0.39, 0.29) is 5.95 Å². The van der Waals surface area contributed by atoms with Gasteiger partial charge >= 0.3 is 0 Å². The molecule has 4 nitrogen and oxygen atoms in total. The summed E-state index contributed by atoms with van der Waals surface area (Å²) >= 11 is 6.03. The zero-order chi connectivity index (χ0) is 12.5. The number of halogens is 1. The summed E-state index contributed by atoms with van der Waals surface area (Å²) in [5.74, 6) is 0.914. The van der Waals surface area contributed by atoms with Gasteiger partial charge in [0.25, 0.3) is 0 Å². The van der Waals surface area contributed by atoms with Crippen molar-refractivity contribution in [1.82, 2.24) is 9.97 Å². The van der Waals surface area contributed by atoms with Crippen molar-refractivity contribution < 1.29 is 0 Å². The summed E-state index contributed by atoms with van der Waals surface area (Å²) in [6.45, 7) is 4.64. The van der Waals surface area contributed by atoms with Crippen LogP contribution in [0.1, 0.15) is 39.5 Å². The van der Waals surface area contributed by atoms with E-state index in [2.05, 4.69) is 29.1 Å². The number of nitrogens with one attached hydrogen (secondary N) is 1. The van der Waals surface area contributed by atoms with E-state index in [1.807, 2.05) is 0 Å². The topological polar surface area (TPSA) is 63.8 Å². The summed E-state index contributed by atoms with van der Waals surface area (Å²) < 4.78 is 0. The number of nitrogens with zero attached hydrogens (tertiary/aromatic N) is 2. The van der Waals surface area contributed by atoms with Crippen molar-refractivity contribution in [2.45, 2.75) is 45.6 Å². The number of rotatable bonds is 2. The molecule has 0 spiro atoms. The summed E-state index contributed by atoms with van der Waals surface area (Å²) in [4.78, 5) is 7.98. The first kappa shape index (κ1) is 12.4. The van der Waals surface area contributed by atoms with Crippen LogP contribution in [-0.2, 0) is 0 Å². The molecule has 0 saturated heterocycles. The Hall–Kier alpha value is -1.03. The normalized spacial score (nSPS) is 20.2. The molecule has 1 aromatic rings. The third-order valence-electron chi connectivity index (χ3n) is 3.44. The first-order chi connectivity index (χ1) is 7.96. The predicted octanol–water partition coefficient (Wildman–Crippen LogP) is 3.09. The third kappa shape index (κ3) is 3.22. The van der Waals surface area contributed by atoms with Gasteiger partial charge in [0, 0.05) is 6.04 Å². The second-order valence-corrected chi connectivity index (χ2v) is 5.91. The Morgan fingerprint density at radius 3 is 2.71 bits per heavy atom. The zero-order valence-corrected chi connectivity index (χ0v) is 11.1. The van der Waals surface area contributed by atoms with Gasteiger partial charge in [-0.3, -0.25) is 0 Å². The number of hydrogen-bond donors (Lipinski definition) is 2. The smallest absolute Gasteiger partial charge is 0.222 e. The van der Waals surface area contributed by atoms with Crippen molar-refractivity contribution in [3.63, 3.8) is 0 Å². The van der Waals surface area contributed by atoms with Crippen molar-refractivity contribution in [3.05, 3.63) is 11.2 Å². The summed E-state index contributed by atoms with van der Waals surface area (Å²) in [5.41, 5.74) is 6.02. The van der Waals surface area contributed by atoms with Gasteiger partial charge in [0.1, 0.15) is 5.02 Å². The number of nitrogens with two attached hydrogens (primary N) is 1. The average Bonchev–Trinajstić information content (AvgIpc) is 2.26. The van der Waals surface area contributed by atoms with Gasteiger partial charge in [-0.2, -0.15) is 4.98 Å². The maximum absolute atomic E-state index is 6.03. The molecule has 1 fully saturated rings. The van der Waals surface area contributed by atoms with Gasteiger partial charge in [0.15, 0.2) is 5.82 Å². The van der Waals surface area contributed by atoms with Crippen LogP contribution in [0.25, 0.3) is 0 Å². The first-order valence-electron chi connectivity index (χ1n) is 6.01. The van der Waals surface area contributed by atoms with Crippen molar-refractivity contribution in [1.29, 1.82) is 0 Å². The molecule has 3 N–H and O–H groups in total. The molecule has 0 aliphatic heterocycles. The lowest BCUT2D eigenvalue weighted by Gasteiger charge is -2.34. The minimum atomic E-state index is 0.257. The van der Waals surface area contributed by atoms with Gasteiger partial charge < -0.3 is 11.1 Å². The SMILES string of the molecule is CC1(C)CCC(Nc2nc(N)ncc2Cl)CC1. The molecule has 1 saturated carbocycles. The molecule has 1 aliphatic carbocycles. The van der Waals surface area contributed by atoms with Gasteiger partial charge in [-0.25, -0.2) is 4.98 Å². The highest BCUT2D eigenvalue weighted by atomic mass is 35.5. The molecule has 0 aromatic carbocycles. The lowest BCUT2D eigenvalue weighted by Crippen LogP contribution is -2.30. The monoisotopic (exact) mass is 254 g/mol. The maximum Gasteiger partial charge on any atom is 0.222 e. The molecule has 1 aliphatic rings. The van der Waals surface area contributed by atoms with Crippen LogP contribution in [0.5, 0.6) is 0 Å². The minimum Gasteiger partial charge on any atom is -0.368 e. The van der Waals surface area contributed by atoms with E-state index in [9.17, 15) is 0 Å². The van der Waals surface area contributed by atoms with Crippen LogP contribution in [0.4, 0.5) is 11.8 Å². The van der Waals surface area contributed by atoms with E-state index in [1.165, 1.54) is 12.8 Å². The van der Waals surface area contributed by atoms with Crippen LogP contribution in [0.15, 0.2) is 6.20 Å². The average molecular weight is 255 g/mol. The van der Waals surface area contributed by atoms with E-state index in [4.69, 9.17) is 17.3 Å². The highest BCUT2D eigenvalue weighted by Gasteiger charge is 2.27. The van der Waals surface area contributed by atoms with Crippen LogP contribution in [0.3, 0.4) is 0 Å². The summed E-state index contributed by atoms with van der Waals surface area (Å²) in [5, 5.41) is 3.90. The van der Waals surface area contributed by atoms with E-state index < -0.39 is 0 Å². The van der Waals surface area contributed by atoms with Crippen molar-refractivity contribution >= 4 is 23.4 Å². The Morgan fingerprint density at radius 2 is 2.06 bits per heavy atom. The van der Waals surface area contributed by atoms with Crippen LogP contribution in [0.2, 0.25) is 5.02 Å². The molecule has 0 radical (unpaired) electrons. The fraction of sp³-hybridized carbons (Fsp3) is 0.667. The Morgan fingerprint density at radius 1 is 1.41 bits per heavy atom. The molecule has 0 unspecified atom stereocenters. The molecule has 1 aromatic heterocycles. The second kappa shape index (κ2) is 4.69. The van der Waals surface area contributed by atoms with Crippen molar-refractivity contribution in [2.75, 3.05) is 11.1 Å². The highest BCUT2D eigenvalue weighted by molar-refractivity contribution is 6.32. The van der Waals surface area contributed by atoms with Gasteiger partial charge in [-0.05, 0) is 31.1 Å². The molecular weight excluding hydrogens is 236 g/mol. The predicted molar refractivity (Wildman–Crippen MR) is 71.1 cm³/mol. The Labute approximate surface area is 107 Å². The number of nitrogen functional groups attached to an aromatic ring is 1. The van der Waals surface area contributed by atoms with Gasteiger partial charge in [0.05, 0.1) is 6.20 Å². The summed E-state index contributed by atoms with van der Waals surface area (Å²) in [6.07, 6.45) is 6.28. The molecule has 5 heteroatoms. The lowest BCUT2D eigenvalue weighted by atomic mass is 9.75. The van der Waals surface area contributed by atoms with Gasteiger partial charge in [-0.15, -0.1) is 0 Å². The fourth-order valence-electron chi connectivity index (χ4n) is 2.22. The summed E-state index contributed by atoms with van der Waals surface area (Å²) in [7, 11) is 0. The molecule has 0 bridgehead atoms. The Bertz CT molecular complexity index is 395. The van der Waals surface area contributed by atoms with E-state index in [0.29, 0.717) is 22.3 Å². The molecule has 0 amide bonds. The van der Waals surface area contributed by atoms with Gasteiger partial charge in [-0.1, -0.05) is 25.4 Å². The first-order valence-corrected chi connectivity index (χ1v) is 6.39. The zero-order valence-electron chi connectivity index (χ0n) is 10.3. The Balaban J connectivity index is 2.00. The third-order valence-corrected chi connectivity index (χ3v) is 3.72. The second-order valence-electron chi connectivity index (χ2n) is 5.51. The van der Waals surface area contributed by atoms with E-state index in [1.54, 1.807) is 6.20 Å². The highest BCUT2D eigenvalue weighted by Crippen LogP contribution is 2.36. The minimum absolute atomic E-state index is 0.257. The maximum atomic E-state index is 6.03. The Kier molecular flexibility index (Phi) is 3.43. The molecule has 94 valence electrons. The van der Waals surface area contributed by atoms with Crippen LogP contribution >= 0.6 is 11.6 Å². The number of anilines is 2. The largest absolute Gasteiger partial charge is 0.368 e. The van der Waals surface area contributed by atoms with Gasteiger partial charge in [0.2, 0.25) is 5.95 Å². The standard InChI is InChI=1S/C12H19ClN4/c1-12(2)5-3-8(4-6-12)16-10-9(13)7-15-11(14)17-10/h7-8H,3-6H2,1-2H3,(H3,14,15,16,17). The quantitative estimate of drug-likeness (QED) is 0.851. The van der Waals surface area contributed by atoms with Crippen LogP contribution in [0, 0.1) is 5.41 Å². The molecular formula is C12H19ClN4. The number of aromatic nitrogens is 2. The van der Waals surface area contributed by atoms with E-state index in [0.717, 1.165) is 12.8 Å². The molecule has 17 heavy (non-hydrogen) atoms. The van der Waals surface area contributed by atoms with Crippen molar-refractivity contribution in [3.8, 4) is 0 Å². The van der Waals surface area contributed by atoms with E-state index >= 15 is 0 Å². The molecule has 2 rings (SSSR count). The summed E-state index contributed by atoms with van der Waals surface area (Å²) in [6, 6.07) is 0.440.